The van der Waals surface area contributed by atoms with Crippen LogP contribution in [0.5, 0.6) is 0 Å². The molecule has 0 aliphatic rings. The summed E-state index contributed by atoms with van der Waals surface area (Å²) in [4.78, 5) is 31.3. The second kappa shape index (κ2) is 11.1. The third kappa shape index (κ3) is 5.75. The van der Waals surface area contributed by atoms with Gasteiger partial charge in [0.15, 0.2) is 0 Å². The molecule has 0 amide bonds. The number of thioether (sulfide) groups is 1. The van der Waals surface area contributed by atoms with E-state index in [9.17, 15) is 14.9 Å². The molecule has 2 N–H and O–H groups in total. The normalized spacial score (nSPS) is 10.7. The van der Waals surface area contributed by atoms with Crippen molar-refractivity contribution in [3.8, 4) is 17.3 Å². The van der Waals surface area contributed by atoms with E-state index in [-0.39, 0.29) is 29.6 Å². The first kappa shape index (κ1) is 23.1. The smallest absolute Gasteiger partial charge is 0.306 e. The molecule has 0 aliphatic heterocycles. The number of hydrogen-bond donors (Lipinski definition) is 2. The van der Waals surface area contributed by atoms with Crippen molar-refractivity contribution in [2.24, 2.45) is 5.10 Å². The van der Waals surface area contributed by atoms with Crippen LogP contribution in [0, 0.1) is 11.3 Å². The van der Waals surface area contributed by atoms with Crippen LogP contribution in [0.15, 0.2) is 63.3 Å². The first-order valence-corrected chi connectivity index (χ1v) is 10.8. The summed E-state index contributed by atoms with van der Waals surface area (Å²) in [5.41, 5.74) is 3.57. The molecule has 0 radical (unpaired) electrons. The molecule has 3 rings (SSSR count). The van der Waals surface area contributed by atoms with Gasteiger partial charge in [0.05, 0.1) is 30.5 Å². The number of aromatic nitrogens is 2. The minimum absolute atomic E-state index is 0.0797. The number of carbonyl (C=O) groups excluding carboxylic acids is 1. The first-order valence-electron chi connectivity index (χ1n) is 9.40. The van der Waals surface area contributed by atoms with Crippen molar-refractivity contribution in [3.63, 3.8) is 0 Å². The number of methoxy groups -OCH3 is 1. The summed E-state index contributed by atoms with van der Waals surface area (Å²) >= 11 is 7.76. The number of esters is 1. The van der Waals surface area contributed by atoms with Crippen LogP contribution in [-0.2, 0) is 9.53 Å². The average Bonchev–Trinajstić information content (AvgIpc) is 2.80. The largest absolute Gasteiger partial charge is 0.469 e. The summed E-state index contributed by atoms with van der Waals surface area (Å²) in [6.45, 7) is 0. The molecule has 162 valence electrons. The van der Waals surface area contributed by atoms with Crippen LogP contribution < -0.4 is 11.0 Å². The van der Waals surface area contributed by atoms with Gasteiger partial charge in [0.25, 0.3) is 5.56 Å². The molecule has 3 aromatic rings. The number of anilines is 1. The van der Waals surface area contributed by atoms with Crippen LogP contribution in [0.25, 0.3) is 11.3 Å². The number of ether oxygens (including phenoxy) is 1. The van der Waals surface area contributed by atoms with Crippen LogP contribution in [0.2, 0.25) is 5.02 Å². The van der Waals surface area contributed by atoms with Crippen molar-refractivity contribution in [2.45, 2.75) is 11.3 Å². The lowest BCUT2D eigenvalue weighted by molar-refractivity contribution is -0.140. The summed E-state index contributed by atoms with van der Waals surface area (Å²) in [6.07, 6.45) is 1.77. The van der Waals surface area contributed by atoms with E-state index in [0.29, 0.717) is 21.9 Å². The summed E-state index contributed by atoms with van der Waals surface area (Å²) < 4.78 is 4.65. The quantitative estimate of drug-likeness (QED) is 0.222. The van der Waals surface area contributed by atoms with Gasteiger partial charge in [0.2, 0.25) is 5.95 Å². The monoisotopic (exact) mass is 467 g/mol. The molecule has 2 aromatic carbocycles. The Morgan fingerprint density at radius 1 is 1.31 bits per heavy atom. The Kier molecular flexibility index (Phi) is 8.02. The standard InChI is InChI=1S/C22H18ClN5O3S/c1-31-19(29)10-11-32-18-9-5-8-17(23)16(18)13-25-28-22-26-20(14-6-3-2-4-7-14)15(12-24)21(30)27-22/h2-9,13H,10-11H2,1H3,(H2,26,27,28,30). The van der Waals surface area contributed by atoms with Crippen LogP contribution in [0.3, 0.4) is 0 Å². The van der Waals surface area contributed by atoms with Crippen molar-refractivity contribution in [1.29, 1.82) is 5.26 Å². The molecule has 8 nitrogen and oxygen atoms in total. The summed E-state index contributed by atoms with van der Waals surface area (Å²) in [7, 11) is 1.35. The van der Waals surface area contributed by atoms with Gasteiger partial charge in [-0.1, -0.05) is 48.0 Å². The second-order valence-corrected chi connectivity index (χ2v) is 7.86. The molecule has 32 heavy (non-hydrogen) atoms. The topological polar surface area (TPSA) is 120 Å². The van der Waals surface area contributed by atoms with Crippen LogP contribution in [0.1, 0.15) is 17.5 Å². The zero-order valence-electron chi connectivity index (χ0n) is 17.0. The molecule has 0 saturated heterocycles. The SMILES string of the molecule is COC(=O)CCSc1cccc(Cl)c1C=NNc1nc(-c2ccccc2)c(C#N)c(=O)[nH]1. The highest BCUT2D eigenvalue weighted by Gasteiger charge is 2.13. The van der Waals surface area contributed by atoms with Gasteiger partial charge in [-0.3, -0.25) is 14.6 Å². The summed E-state index contributed by atoms with van der Waals surface area (Å²) in [6, 6.07) is 16.2. The number of nitrogens with zero attached hydrogens (tertiary/aromatic N) is 3. The van der Waals surface area contributed by atoms with E-state index in [0.717, 1.165) is 4.90 Å². The number of H-pyrrole nitrogens is 1. The number of hydrazone groups is 1. The minimum Gasteiger partial charge on any atom is -0.469 e. The second-order valence-electron chi connectivity index (χ2n) is 6.31. The molecule has 0 spiro atoms. The van der Waals surface area contributed by atoms with E-state index in [1.165, 1.54) is 25.1 Å². The molecular weight excluding hydrogens is 450 g/mol. The minimum atomic E-state index is -0.573. The number of carbonyl (C=O) groups is 1. The van der Waals surface area contributed by atoms with E-state index in [1.54, 1.807) is 36.4 Å². The fourth-order valence-corrected chi connectivity index (χ4v) is 3.97. The molecule has 10 heteroatoms. The Morgan fingerprint density at radius 3 is 2.81 bits per heavy atom. The lowest BCUT2D eigenvalue weighted by atomic mass is 10.1. The van der Waals surface area contributed by atoms with Gasteiger partial charge in [-0.05, 0) is 12.1 Å². The van der Waals surface area contributed by atoms with E-state index in [2.05, 4.69) is 25.2 Å². The molecule has 0 atom stereocenters. The Labute approximate surface area is 193 Å². The van der Waals surface area contributed by atoms with Gasteiger partial charge < -0.3 is 4.74 Å². The zero-order valence-corrected chi connectivity index (χ0v) is 18.5. The highest BCUT2D eigenvalue weighted by atomic mass is 35.5. The number of hydrogen-bond acceptors (Lipinski definition) is 8. The third-order valence-electron chi connectivity index (χ3n) is 4.25. The predicted molar refractivity (Wildman–Crippen MR) is 125 cm³/mol. The lowest BCUT2D eigenvalue weighted by Gasteiger charge is -2.08. The van der Waals surface area contributed by atoms with Crippen molar-refractivity contribution in [1.82, 2.24) is 9.97 Å². The maximum Gasteiger partial charge on any atom is 0.306 e. The molecule has 0 aliphatic carbocycles. The molecule has 0 bridgehead atoms. The van der Waals surface area contributed by atoms with Crippen molar-refractivity contribution >= 4 is 41.5 Å². The van der Waals surface area contributed by atoms with Crippen molar-refractivity contribution in [2.75, 3.05) is 18.3 Å². The molecule has 0 fully saturated rings. The molecular formula is C22H18ClN5O3S. The average molecular weight is 468 g/mol. The molecule has 0 unspecified atom stereocenters. The van der Waals surface area contributed by atoms with Gasteiger partial charge in [-0.15, -0.1) is 11.8 Å². The fraction of sp³-hybridized carbons (Fsp3) is 0.136. The molecule has 0 saturated carbocycles. The number of benzene rings is 2. The third-order valence-corrected chi connectivity index (χ3v) is 5.65. The number of nitrogens with one attached hydrogen (secondary N) is 2. The van der Waals surface area contributed by atoms with Gasteiger partial charge in [0.1, 0.15) is 11.6 Å². The predicted octanol–water partition coefficient (Wildman–Crippen LogP) is 4.06. The Balaban J connectivity index is 1.82. The fourth-order valence-electron chi connectivity index (χ4n) is 2.71. The number of aromatic amines is 1. The highest BCUT2D eigenvalue weighted by molar-refractivity contribution is 7.99. The van der Waals surface area contributed by atoms with Gasteiger partial charge >= 0.3 is 5.97 Å². The van der Waals surface area contributed by atoms with Crippen molar-refractivity contribution in [3.05, 3.63) is 75.0 Å². The van der Waals surface area contributed by atoms with E-state index < -0.39 is 5.56 Å². The van der Waals surface area contributed by atoms with E-state index in [1.807, 2.05) is 18.2 Å². The van der Waals surface area contributed by atoms with Crippen LogP contribution in [0.4, 0.5) is 5.95 Å². The van der Waals surface area contributed by atoms with Gasteiger partial charge in [0, 0.05) is 21.8 Å². The Morgan fingerprint density at radius 2 is 2.09 bits per heavy atom. The highest BCUT2D eigenvalue weighted by Crippen LogP contribution is 2.28. The van der Waals surface area contributed by atoms with Crippen LogP contribution >= 0.6 is 23.4 Å². The van der Waals surface area contributed by atoms with E-state index >= 15 is 0 Å². The maximum atomic E-state index is 12.3. The maximum absolute atomic E-state index is 12.3. The van der Waals surface area contributed by atoms with Gasteiger partial charge in [-0.2, -0.15) is 10.4 Å². The summed E-state index contributed by atoms with van der Waals surface area (Å²) in [5.74, 6) is 0.309. The molecule has 1 heterocycles. The van der Waals surface area contributed by atoms with Crippen LogP contribution in [-0.4, -0.2) is 35.0 Å². The number of halogens is 1. The zero-order chi connectivity index (χ0) is 22.9. The molecule has 1 aromatic heterocycles. The van der Waals surface area contributed by atoms with Crippen molar-refractivity contribution < 1.29 is 9.53 Å². The summed E-state index contributed by atoms with van der Waals surface area (Å²) in [5, 5.41) is 14.0. The Hall–Kier alpha value is -3.61. The number of rotatable bonds is 8. The Bertz CT molecular complexity index is 1240. The van der Waals surface area contributed by atoms with E-state index in [4.69, 9.17) is 11.6 Å². The van der Waals surface area contributed by atoms with Gasteiger partial charge in [-0.25, -0.2) is 10.4 Å². The number of nitriles is 1. The lowest BCUT2D eigenvalue weighted by Crippen LogP contribution is -2.16. The first-order chi connectivity index (χ1) is 15.5.